The van der Waals surface area contributed by atoms with Crippen LogP contribution in [0.25, 0.3) is 0 Å². The van der Waals surface area contributed by atoms with Crippen molar-refractivity contribution in [1.29, 1.82) is 0 Å². The number of methoxy groups -OCH3 is 1. The molecule has 1 aromatic rings. The Kier molecular flexibility index (Phi) is 4.94. The van der Waals surface area contributed by atoms with Crippen molar-refractivity contribution >= 4 is 15.8 Å². The minimum absolute atomic E-state index is 0.286. The molecule has 1 N–H and O–H groups in total. The molecule has 0 aliphatic rings. The van der Waals surface area contributed by atoms with Crippen molar-refractivity contribution in [3.8, 4) is 5.75 Å². The Balaban J connectivity index is 2.97. The van der Waals surface area contributed by atoms with Gasteiger partial charge >= 0.3 is 5.97 Å². The van der Waals surface area contributed by atoms with E-state index in [2.05, 4.69) is 0 Å². The summed E-state index contributed by atoms with van der Waals surface area (Å²) >= 11 is 0. The Hall–Kier alpha value is -1.56. The van der Waals surface area contributed by atoms with Crippen molar-refractivity contribution in [3.63, 3.8) is 0 Å². The van der Waals surface area contributed by atoms with Crippen molar-refractivity contribution in [1.82, 2.24) is 0 Å². The van der Waals surface area contributed by atoms with Gasteiger partial charge in [-0.25, -0.2) is 8.42 Å². The van der Waals surface area contributed by atoms with Crippen LogP contribution in [0.2, 0.25) is 0 Å². The number of sulfone groups is 1. The number of carbonyl (C=O) groups is 1. The molecule has 6 heteroatoms. The van der Waals surface area contributed by atoms with Crippen LogP contribution in [0.5, 0.6) is 5.75 Å². The van der Waals surface area contributed by atoms with Crippen LogP contribution in [-0.4, -0.2) is 31.9 Å². The van der Waals surface area contributed by atoms with Gasteiger partial charge < -0.3 is 9.84 Å². The highest BCUT2D eigenvalue weighted by Crippen LogP contribution is 2.20. The van der Waals surface area contributed by atoms with E-state index in [0.29, 0.717) is 11.3 Å². The lowest BCUT2D eigenvalue weighted by Crippen LogP contribution is -2.35. The van der Waals surface area contributed by atoms with Gasteiger partial charge in [0.25, 0.3) is 0 Å². The molecule has 0 spiro atoms. The summed E-state index contributed by atoms with van der Waals surface area (Å²) < 4.78 is 29.2. The van der Waals surface area contributed by atoms with Gasteiger partial charge in [-0.1, -0.05) is 26.0 Å². The fourth-order valence-corrected chi connectivity index (χ4v) is 3.87. The van der Waals surface area contributed by atoms with E-state index in [9.17, 15) is 13.2 Å². The highest BCUT2D eigenvalue weighted by Gasteiger charge is 2.35. The van der Waals surface area contributed by atoms with Crippen molar-refractivity contribution in [3.05, 3.63) is 29.8 Å². The van der Waals surface area contributed by atoms with E-state index in [1.54, 1.807) is 38.1 Å². The molecule has 5 nitrogen and oxygen atoms in total. The predicted octanol–water partition coefficient (Wildman–Crippen LogP) is 1.72. The molecule has 19 heavy (non-hydrogen) atoms. The number of ether oxygens (including phenoxy) is 1. The maximum Gasteiger partial charge on any atom is 0.322 e. The minimum Gasteiger partial charge on any atom is -0.497 e. The molecule has 1 rings (SSSR count). The molecule has 1 unspecified atom stereocenters. The minimum atomic E-state index is -3.73. The third kappa shape index (κ3) is 3.96. The molecule has 0 amide bonds. The molecule has 0 bridgehead atoms. The Morgan fingerprint density at radius 2 is 1.79 bits per heavy atom. The van der Waals surface area contributed by atoms with Gasteiger partial charge in [0.1, 0.15) is 5.75 Å². The van der Waals surface area contributed by atoms with Gasteiger partial charge in [-0.2, -0.15) is 0 Å². The van der Waals surface area contributed by atoms with Gasteiger partial charge in [0.2, 0.25) is 0 Å². The summed E-state index contributed by atoms with van der Waals surface area (Å²) in [6.45, 7) is 3.18. The van der Waals surface area contributed by atoms with Gasteiger partial charge in [0.15, 0.2) is 15.1 Å². The first-order chi connectivity index (χ1) is 8.77. The number of benzene rings is 1. The number of rotatable bonds is 6. The first-order valence-corrected chi connectivity index (χ1v) is 7.56. The lowest BCUT2D eigenvalue weighted by Gasteiger charge is -2.16. The summed E-state index contributed by atoms with van der Waals surface area (Å²) in [7, 11) is -2.22. The van der Waals surface area contributed by atoms with Crippen LogP contribution in [-0.2, 0) is 20.4 Å². The molecular weight excluding hydrogens is 268 g/mol. The summed E-state index contributed by atoms with van der Waals surface area (Å²) in [6.07, 6.45) is 0. The molecule has 106 valence electrons. The smallest absolute Gasteiger partial charge is 0.322 e. The first-order valence-electron chi connectivity index (χ1n) is 5.85. The van der Waals surface area contributed by atoms with Crippen molar-refractivity contribution in [2.75, 3.05) is 7.11 Å². The molecule has 0 fully saturated rings. The highest BCUT2D eigenvalue weighted by molar-refractivity contribution is 7.92. The van der Waals surface area contributed by atoms with E-state index in [0.717, 1.165) is 0 Å². The maximum absolute atomic E-state index is 12.1. The highest BCUT2D eigenvalue weighted by atomic mass is 32.2. The van der Waals surface area contributed by atoms with Crippen molar-refractivity contribution < 1.29 is 23.1 Å². The van der Waals surface area contributed by atoms with Gasteiger partial charge in [0.05, 0.1) is 12.9 Å². The van der Waals surface area contributed by atoms with Crippen LogP contribution < -0.4 is 4.74 Å². The quantitative estimate of drug-likeness (QED) is 0.861. The zero-order chi connectivity index (χ0) is 14.6. The Morgan fingerprint density at radius 3 is 2.16 bits per heavy atom. The van der Waals surface area contributed by atoms with Crippen LogP contribution >= 0.6 is 0 Å². The topological polar surface area (TPSA) is 80.7 Å². The number of hydrogen-bond donors (Lipinski definition) is 1. The van der Waals surface area contributed by atoms with E-state index >= 15 is 0 Å². The molecule has 0 aliphatic carbocycles. The average molecular weight is 286 g/mol. The Labute approximate surface area is 113 Å². The van der Waals surface area contributed by atoms with Gasteiger partial charge in [-0.05, 0) is 23.6 Å². The van der Waals surface area contributed by atoms with E-state index in [-0.39, 0.29) is 5.75 Å². The summed E-state index contributed by atoms with van der Waals surface area (Å²) in [5.74, 6) is -1.43. The fourth-order valence-electron chi connectivity index (χ4n) is 1.90. The zero-order valence-corrected chi connectivity index (χ0v) is 12.0. The van der Waals surface area contributed by atoms with E-state index < -0.39 is 27.0 Å². The molecule has 0 heterocycles. The van der Waals surface area contributed by atoms with Crippen molar-refractivity contribution in [2.45, 2.75) is 24.9 Å². The molecule has 0 radical (unpaired) electrons. The fraction of sp³-hybridized carbons (Fsp3) is 0.462. The summed E-state index contributed by atoms with van der Waals surface area (Å²) in [6, 6.07) is 6.54. The van der Waals surface area contributed by atoms with Gasteiger partial charge in [0, 0.05) is 0 Å². The molecular formula is C13H18O5S. The third-order valence-electron chi connectivity index (χ3n) is 2.76. The van der Waals surface area contributed by atoms with Gasteiger partial charge in [-0.3, -0.25) is 4.79 Å². The van der Waals surface area contributed by atoms with Crippen molar-refractivity contribution in [2.24, 2.45) is 5.92 Å². The van der Waals surface area contributed by atoms with E-state index in [1.165, 1.54) is 7.11 Å². The monoisotopic (exact) mass is 286 g/mol. The predicted molar refractivity (Wildman–Crippen MR) is 71.9 cm³/mol. The summed E-state index contributed by atoms with van der Waals surface area (Å²) in [4.78, 5) is 11.1. The van der Waals surface area contributed by atoms with E-state index in [1.807, 2.05) is 0 Å². The second kappa shape index (κ2) is 6.06. The number of aliphatic carboxylic acids is 1. The van der Waals surface area contributed by atoms with Crippen LogP contribution in [0, 0.1) is 5.92 Å². The normalized spacial score (nSPS) is 13.3. The SMILES string of the molecule is COc1ccc(CS(=O)(=O)C(C(=O)O)C(C)C)cc1. The second-order valence-corrected chi connectivity index (χ2v) is 6.78. The molecule has 0 saturated heterocycles. The second-order valence-electron chi connectivity index (χ2n) is 4.66. The van der Waals surface area contributed by atoms with Crippen LogP contribution in [0.1, 0.15) is 19.4 Å². The molecule has 0 saturated carbocycles. The maximum atomic E-state index is 12.1. The lowest BCUT2D eigenvalue weighted by molar-refractivity contribution is -0.137. The Morgan fingerprint density at radius 1 is 1.26 bits per heavy atom. The number of carboxylic acids is 1. The first kappa shape index (κ1) is 15.5. The Bertz CT molecular complexity index is 531. The summed E-state index contributed by atoms with van der Waals surface area (Å²) in [5, 5.41) is 7.66. The standard InChI is InChI=1S/C13H18O5S/c1-9(2)12(13(14)15)19(16,17)8-10-4-6-11(18-3)7-5-10/h4-7,9,12H,8H2,1-3H3,(H,14,15). The van der Waals surface area contributed by atoms with Gasteiger partial charge in [-0.15, -0.1) is 0 Å². The number of carboxylic acid groups (broad SMARTS) is 1. The summed E-state index contributed by atoms with van der Waals surface area (Å²) in [5.41, 5.74) is 0.549. The third-order valence-corrected chi connectivity index (χ3v) is 5.02. The zero-order valence-electron chi connectivity index (χ0n) is 11.2. The van der Waals surface area contributed by atoms with Crippen LogP contribution in [0.15, 0.2) is 24.3 Å². The van der Waals surface area contributed by atoms with E-state index in [4.69, 9.17) is 9.84 Å². The molecule has 0 aliphatic heterocycles. The average Bonchev–Trinajstić information content (AvgIpc) is 2.27. The largest absolute Gasteiger partial charge is 0.497 e. The lowest BCUT2D eigenvalue weighted by atomic mass is 10.1. The van der Waals surface area contributed by atoms with Crippen LogP contribution in [0.3, 0.4) is 0 Å². The molecule has 0 aromatic heterocycles. The number of hydrogen-bond acceptors (Lipinski definition) is 4. The molecule has 1 aromatic carbocycles. The molecule has 1 atom stereocenters. The van der Waals surface area contributed by atoms with Crippen LogP contribution in [0.4, 0.5) is 0 Å².